The third-order valence-electron chi connectivity index (χ3n) is 4.13. The third kappa shape index (κ3) is 5.05. The van der Waals surface area contributed by atoms with Crippen molar-refractivity contribution in [3.63, 3.8) is 0 Å². The predicted octanol–water partition coefficient (Wildman–Crippen LogP) is 3.13. The van der Waals surface area contributed by atoms with Crippen molar-refractivity contribution in [3.05, 3.63) is 83.9 Å². The first-order chi connectivity index (χ1) is 13.9. The minimum atomic E-state index is -3.74. The van der Waals surface area contributed by atoms with Gasteiger partial charge in [0, 0.05) is 17.8 Å². The Hall–Kier alpha value is -3.52. The number of phenols is 1. The second-order valence-corrected chi connectivity index (χ2v) is 7.87. The summed E-state index contributed by atoms with van der Waals surface area (Å²) in [5.74, 6) is -0.0344. The van der Waals surface area contributed by atoms with Crippen molar-refractivity contribution in [1.82, 2.24) is 5.32 Å². The Labute approximate surface area is 169 Å². The molecule has 0 aromatic heterocycles. The summed E-state index contributed by atoms with van der Waals surface area (Å²) < 4.78 is 32.4. The number of carbonyl (C=O) groups is 1. The van der Waals surface area contributed by atoms with Gasteiger partial charge in [0.05, 0.1) is 12.0 Å². The van der Waals surface area contributed by atoms with Crippen LogP contribution < -0.4 is 14.8 Å². The first-order valence-corrected chi connectivity index (χ1v) is 10.2. The van der Waals surface area contributed by atoms with Gasteiger partial charge in [-0.3, -0.25) is 9.52 Å². The molecular formula is C21H20N2O5S. The van der Waals surface area contributed by atoms with Gasteiger partial charge in [0.25, 0.3) is 15.9 Å². The maximum atomic E-state index is 12.5. The molecule has 0 saturated carbocycles. The Morgan fingerprint density at radius 3 is 2.48 bits per heavy atom. The van der Waals surface area contributed by atoms with Crippen LogP contribution in [0.1, 0.15) is 15.9 Å². The largest absolute Gasteiger partial charge is 0.504 e. The molecule has 8 heteroatoms. The maximum absolute atomic E-state index is 12.5. The van der Waals surface area contributed by atoms with Crippen molar-refractivity contribution in [3.8, 4) is 11.5 Å². The summed E-state index contributed by atoms with van der Waals surface area (Å²) in [5.41, 5.74) is 1.34. The van der Waals surface area contributed by atoms with Crippen LogP contribution in [0.15, 0.2) is 77.7 Å². The normalized spacial score (nSPS) is 10.9. The highest BCUT2D eigenvalue weighted by Crippen LogP contribution is 2.26. The fourth-order valence-corrected chi connectivity index (χ4v) is 3.72. The number of anilines is 1. The van der Waals surface area contributed by atoms with E-state index in [1.54, 1.807) is 48.5 Å². The fourth-order valence-electron chi connectivity index (χ4n) is 2.65. The lowest BCUT2D eigenvalue weighted by atomic mass is 10.1. The Bertz CT molecular complexity index is 1110. The number of sulfonamides is 1. The quantitative estimate of drug-likeness (QED) is 0.553. The Morgan fingerprint density at radius 1 is 1.00 bits per heavy atom. The van der Waals surface area contributed by atoms with E-state index < -0.39 is 10.0 Å². The van der Waals surface area contributed by atoms with E-state index in [-0.39, 0.29) is 28.8 Å². The lowest BCUT2D eigenvalue weighted by Crippen LogP contribution is -2.23. The smallest absolute Gasteiger partial charge is 0.261 e. The van der Waals surface area contributed by atoms with Crippen LogP contribution in [-0.4, -0.2) is 26.5 Å². The van der Waals surface area contributed by atoms with E-state index >= 15 is 0 Å². The molecule has 0 aliphatic heterocycles. The molecule has 0 unspecified atom stereocenters. The number of phenolic OH excluding ortho intramolecular Hbond substituents is 1. The molecule has 3 aromatic carbocycles. The van der Waals surface area contributed by atoms with Crippen LogP contribution in [0.3, 0.4) is 0 Å². The topological polar surface area (TPSA) is 105 Å². The molecule has 150 valence electrons. The molecule has 0 spiro atoms. The van der Waals surface area contributed by atoms with Gasteiger partial charge in [-0.25, -0.2) is 8.42 Å². The van der Waals surface area contributed by atoms with Crippen molar-refractivity contribution in [2.45, 2.75) is 11.4 Å². The predicted molar refractivity (Wildman–Crippen MR) is 110 cm³/mol. The number of hydrogen-bond donors (Lipinski definition) is 3. The van der Waals surface area contributed by atoms with Crippen molar-refractivity contribution in [2.24, 2.45) is 0 Å². The minimum Gasteiger partial charge on any atom is -0.504 e. The van der Waals surface area contributed by atoms with Crippen LogP contribution in [0.25, 0.3) is 0 Å². The molecule has 3 aromatic rings. The van der Waals surface area contributed by atoms with Crippen molar-refractivity contribution in [2.75, 3.05) is 11.8 Å². The van der Waals surface area contributed by atoms with E-state index in [1.165, 1.54) is 31.4 Å². The zero-order chi connectivity index (χ0) is 20.9. The highest BCUT2D eigenvalue weighted by atomic mass is 32.2. The van der Waals surface area contributed by atoms with Crippen LogP contribution in [0.4, 0.5) is 5.69 Å². The van der Waals surface area contributed by atoms with Crippen molar-refractivity contribution < 1.29 is 23.1 Å². The zero-order valence-corrected chi connectivity index (χ0v) is 16.4. The highest BCUT2D eigenvalue weighted by molar-refractivity contribution is 7.92. The van der Waals surface area contributed by atoms with E-state index in [0.717, 1.165) is 5.56 Å². The van der Waals surface area contributed by atoms with Crippen LogP contribution in [-0.2, 0) is 16.6 Å². The summed E-state index contributed by atoms with van der Waals surface area (Å²) in [7, 11) is -2.30. The molecule has 3 N–H and O–H groups in total. The standard InChI is InChI=1S/C21H20N2O5S/c1-28-20-12-15(10-11-19(20)24)14-22-21(25)16-6-5-7-17(13-16)23-29(26,27)18-8-3-2-4-9-18/h2-13,23-24H,14H2,1H3,(H,22,25). The molecule has 3 rings (SSSR count). The molecule has 0 radical (unpaired) electrons. The van der Waals surface area contributed by atoms with E-state index in [1.807, 2.05) is 0 Å². The Morgan fingerprint density at radius 2 is 1.76 bits per heavy atom. The van der Waals surface area contributed by atoms with Crippen molar-refractivity contribution >= 4 is 21.6 Å². The third-order valence-corrected chi connectivity index (χ3v) is 5.52. The fraction of sp³-hybridized carbons (Fsp3) is 0.0952. The molecule has 0 aliphatic carbocycles. The van der Waals surface area contributed by atoms with Gasteiger partial charge in [-0.2, -0.15) is 0 Å². The van der Waals surface area contributed by atoms with Gasteiger partial charge >= 0.3 is 0 Å². The molecule has 0 bridgehead atoms. The van der Waals surface area contributed by atoms with Crippen LogP contribution in [0.5, 0.6) is 11.5 Å². The molecule has 0 atom stereocenters. The second kappa shape index (κ2) is 8.66. The molecule has 0 heterocycles. The zero-order valence-electron chi connectivity index (χ0n) is 15.6. The van der Waals surface area contributed by atoms with Crippen molar-refractivity contribution in [1.29, 1.82) is 0 Å². The summed E-state index contributed by atoms with van der Waals surface area (Å²) in [5, 5.41) is 12.4. The van der Waals surface area contributed by atoms with Crippen LogP contribution >= 0.6 is 0 Å². The first kappa shape index (κ1) is 20.2. The monoisotopic (exact) mass is 412 g/mol. The van der Waals surface area contributed by atoms with E-state index in [4.69, 9.17) is 4.74 Å². The number of aromatic hydroxyl groups is 1. The van der Waals surface area contributed by atoms with Gasteiger partial charge in [0.1, 0.15) is 0 Å². The number of methoxy groups -OCH3 is 1. The van der Waals surface area contributed by atoms with Crippen LogP contribution in [0.2, 0.25) is 0 Å². The molecule has 0 aliphatic rings. The Kier molecular flexibility index (Phi) is 6.04. The van der Waals surface area contributed by atoms with Gasteiger partial charge in [-0.05, 0) is 48.0 Å². The van der Waals surface area contributed by atoms with E-state index in [0.29, 0.717) is 11.3 Å². The number of ether oxygens (including phenoxy) is 1. The molecule has 0 fully saturated rings. The van der Waals surface area contributed by atoms with Gasteiger partial charge in [-0.1, -0.05) is 30.3 Å². The van der Waals surface area contributed by atoms with E-state index in [9.17, 15) is 18.3 Å². The average Bonchev–Trinajstić information content (AvgIpc) is 2.73. The van der Waals surface area contributed by atoms with Gasteiger partial charge in [-0.15, -0.1) is 0 Å². The summed E-state index contributed by atoms with van der Waals surface area (Å²) >= 11 is 0. The Balaban J connectivity index is 1.70. The summed E-state index contributed by atoms with van der Waals surface area (Å²) in [6.07, 6.45) is 0. The number of hydrogen-bond acceptors (Lipinski definition) is 5. The maximum Gasteiger partial charge on any atom is 0.261 e. The van der Waals surface area contributed by atoms with Gasteiger partial charge in [0.2, 0.25) is 0 Å². The lowest BCUT2D eigenvalue weighted by Gasteiger charge is -2.11. The summed E-state index contributed by atoms with van der Waals surface area (Å²) in [6.45, 7) is 0.218. The number of carbonyl (C=O) groups excluding carboxylic acids is 1. The first-order valence-electron chi connectivity index (χ1n) is 8.71. The van der Waals surface area contributed by atoms with E-state index in [2.05, 4.69) is 10.0 Å². The molecular weight excluding hydrogens is 392 g/mol. The number of amides is 1. The molecule has 1 amide bonds. The van der Waals surface area contributed by atoms with Gasteiger partial charge in [0.15, 0.2) is 11.5 Å². The number of rotatable bonds is 7. The molecule has 29 heavy (non-hydrogen) atoms. The number of nitrogens with one attached hydrogen (secondary N) is 2. The van der Waals surface area contributed by atoms with Crippen LogP contribution in [0, 0.1) is 0 Å². The van der Waals surface area contributed by atoms with Gasteiger partial charge < -0.3 is 15.2 Å². The average molecular weight is 412 g/mol. The summed E-state index contributed by atoms with van der Waals surface area (Å²) in [4.78, 5) is 12.6. The SMILES string of the molecule is COc1cc(CNC(=O)c2cccc(NS(=O)(=O)c3ccccc3)c2)ccc1O. The molecule has 7 nitrogen and oxygen atoms in total. The molecule has 0 saturated heterocycles. The second-order valence-electron chi connectivity index (χ2n) is 6.19. The number of benzene rings is 3. The lowest BCUT2D eigenvalue weighted by molar-refractivity contribution is 0.0951. The summed E-state index contributed by atoms with van der Waals surface area (Å²) in [6, 6.07) is 19.0. The highest BCUT2D eigenvalue weighted by Gasteiger charge is 2.14. The minimum absolute atomic E-state index is 0.0148.